The van der Waals surface area contributed by atoms with Gasteiger partial charge in [-0.1, -0.05) is 36.4 Å². The van der Waals surface area contributed by atoms with Gasteiger partial charge in [-0.25, -0.2) is 4.98 Å². The lowest BCUT2D eigenvalue weighted by Crippen LogP contribution is -2.35. The average Bonchev–Trinajstić information content (AvgIpc) is 2.54. The van der Waals surface area contributed by atoms with Crippen LogP contribution in [-0.2, 0) is 23.3 Å². The van der Waals surface area contributed by atoms with Crippen LogP contribution in [0.4, 0.5) is 0 Å². The van der Waals surface area contributed by atoms with Crippen molar-refractivity contribution >= 4 is 10.2 Å². The first-order chi connectivity index (χ1) is 10.6. The molecule has 2 aromatic rings. The highest BCUT2D eigenvalue weighted by molar-refractivity contribution is 7.87. The van der Waals surface area contributed by atoms with Crippen LogP contribution < -0.4 is 14.2 Å². The number of nitrogens with zero attached hydrogens (tertiary/aromatic N) is 1. The lowest BCUT2D eigenvalue weighted by molar-refractivity contribution is 0.322. The maximum atomic E-state index is 12.0. The van der Waals surface area contributed by atoms with Crippen molar-refractivity contribution in [2.75, 3.05) is 6.61 Å². The van der Waals surface area contributed by atoms with Gasteiger partial charge in [0.25, 0.3) is 10.2 Å². The van der Waals surface area contributed by atoms with E-state index >= 15 is 0 Å². The second-order valence-corrected chi connectivity index (χ2v) is 6.12. The van der Waals surface area contributed by atoms with Crippen molar-refractivity contribution < 1.29 is 13.2 Å². The lowest BCUT2D eigenvalue weighted by Gasteiger charge is -2.11. The molecule has 0 radical (unpaired) electrons. The Morgan fingerprint density at radius 2 is 1.77 bits per heavy atom. The number of nitrogens with one attached hydrogen (secondary N) is 2. The summed E-state index contributed by atoms with van der Waals surface area (Å²) in [5, 5.41) is 0. The van der Waals surface area contributed by atoms with Gasteiger partial charge >= 0.3 is 0 Å². The monoisotopic (exact) mass is 321 g/mol. The highest BCUT2D eigenvalue weighted by Crippen LogP contribution is 2.13. The molecule has 118 valence electrons. The summed E-state index contributed by atoms with van der Waals surface area (Å²) in [6, 6.07) is 12.8. The summed E-state index contributed by atoms with van der Waals surface area (Å²) in [6.07, 6.45) is 1.61. The standard InChI is InChI=1S/C15H19N3O3S/c1-2-21-15-14(9-6-10-16-15)12-18-22(19,20)17-11-13-7-4-3-5-8-13/h3-10,17-18H,2,11-12H2,1H3. The van der Waals surface area contributed by atoms with E-state index in [9.17, 15) is 8.42 Å². The van der Waals surface area contributed by atoms with E-state index in [4.69, 9.17) is 4.74 Å². The fourth-order valence-corrected chi connectivity index (χ4v) is 2.63. The van der Waals surface area contributed by atoms with Crippen LogP contribution >= 0.6 is 0 Å². The summed E-state index contributed by atoms with van der Waals surface area (Å²) in [5.41, 5.74) is 1.58. The van der Waals surface area contributed by atoms with Gasteiger partial charge in [-0.2, -0.15) is 17.9 Å². The van der Waals surface area contributed by atoms with Gasteiger partial charge in [-0.05, 0) is 18.6 Å². The van der Waals surface area contributed by atoms with Crippen LogP contribution in [-0.4, -0.2) is 20.0 Å². The van der Waals surface area contributed by atoms with Gasteiger partial charge < -0.3 is 4.74 Å². The van der Waals surface area contributed by atoms with Crippen LogP contribution in [0.5, 0.6) is 5.88 Å². The van der Waals surface area contributed by atoms with Crippen LogP contribution in [0.25, 0.3) is 0 Å². The molecule has 0 unspecified atom stereocenters. The SMILES string of the molecule is CCOc1ncccc1CNS(=O)(=O)NCc1ccccc1. The van der Waals surface area contributed by atoms with E-state index in [0.717, 1.165) is 5.56 Å². The third kappa shape index (κ3) is 5.10. The smallest absolute Gasteiger partial charge is 0.277 e. The van der Waals surface area contributed by atoms with E-state index < -0.39 is 10.2 Å². The topological polar surface area (TPSA) is 80.3 Å². The number of aromatic nitrogens is 1. The predicted octanol–water partition coefficient (Wildman–Crippen LogP) is 1.60. The van der Waals surface area contributed by atoms with Crippen molar-refractivity contribution in [1.29, 1.82) is 0 Å². The molecule has 0 saturated carbocycles. The number of pyridine rings is 1. The minimum absolute atomic E-state index is 0.118. The van der Waals surface area contributed by atoms with E-state index in [0.29, 0.717) is 18.1 Å². The molecule has 0 atom stereocenters. The van der Waals surface area contributed by atoms with E-state index in [1.54, 1.807) is 18.3 Å². The Kier molecular flexibility index (Phi) is 5.88. The molecule has 0 spiro atoms. The molecule has 0 aliphatic carbocycles. The van der Waals surface area contributed by atoms with Crippen molar-refractivity contribution in [3.63, 3.8) is 0 Å². The molecule has 22 heavy (non-hydrogen) atoms. The summed E-state index contributed by atoms with van der Waals surface area (Å²) in [7, 11) is -3.59. The summed E-state index contributed by atoms with van der Waals surface area (Å²) in [4.78, 5) is 4.09. The van der Waals surface area contributed by atoms with Gasteiger partial charge in [0.1, 0.15) is 0 Å². The van der Waals surface area contributed by atoms with Crippen molar-refractivity contribution in [1.82, 2.24) is 14.4 Å². The number of hydrogen-bond donors (Lipinski definition) is 2. The molecule has 1 heterocycles. The maximum absolute atomic E-state index is 12.0. The molecule has 1 aromatic heterocycles. The second kappa shape index (κ2) is 7.88. The number of benzene rings is 1. The fraction of sp³-hybridized carbons (Fsp3) is 0.267. The van der Waals surface area contributed by atoms with E-state index in [-0.39, 0.29) is 13.1 Å². The van der Waals surface area contributed by atoms with E-state index in [1.807, 2.05) is 37.3 Å². The highest BCUT2D eigenvalue weighted by Gasteiger charge is 2.11. The summed E-state index contributed by atoms with van der Waals surface area (Å²) < 4.78 is 34.3. The van der Waals surface area contributed by atoms with Gasteiger partial charge in [0.2, 0.25) is 5.88 Å². The first-order valence-corrected chi connectivity index (χ1v) is 8.44. The summed E-state index contributed by atoms with van der Waals surface area (Å²) in [5.74, 6) is 0.441. The molecule has 0 fully saturated rings. The number of hydrogen-bond acceptors (Lipinski definition) is 4. The van der Waals surface area contributed by atoms with Crippen LogP contribution in [0.15, 0.2) is 48.7 Å². The quantitative estimate of drug-likeness (QED) is 0.774. The van der Waals surface area contributed by atoms with Crippen molar-refractivity contribution in [2.45, 2.75) is 20.0 Å². The molecule has 0 saturated heterocycles. The van der Waals surface area contributed by atoms with Crippen LogP contribution in [0.2, 0.25) is 0 Å². The van der Waals surface area contributed by atoms with Gasteiger partial charge in [-0.3, -0.25) is 0 Å². The lowest BCUT2D eigenvalue weighted by atomic mass is 10.2. The summed E-state index contributed by atoms with van der Waals surface area (Å²) in [6.45, 7) is 2.68. The van der Waals surface area contributed by atoms with Crippen LogP contribution in [0.3, 0.4) is 0 Å². The molecule has 0 bridgehead atoms. The van der Waals surface area contributed by atoms with Gasteiger partial charge in [0.15, 0.2) is 0 Å². The Balaban J connectivity index is 1.92. The number of ether oxygens (including phenoxy) is 1. The molecule has 7 heteroatoms. The Bertz CT molecular complexity index is 690. The maximum Gasteiger partial charge on any atom is 0.277 e. The molecule has 0 aliphatic heterocycles. The van der Waals surface area contributed by atoms with E-state index in [2.05, 4.69) is 14.4 Å². The Morgan fingerprint density at radius 3 is 2.50 bits per heavy atom. The van der Waals surface area contributed by atoms with Crippen LogP contribution in [0, 0.1) is 0 Å². The average molecular weight is 321 g/mol. The Labute approximate surface area is 130 Å². The number of rotatable bonds is 8. The molecule has 0 amide bonds. The molecular weight excluding hydrogens is 302 g/mol. The fourth-order valence-electron chi connectivity index (χ4n) is 1.82. The van der Waals surface area contributed by atoms with Gasteiger partial charge in [0, 0.05) is 24.8 Å². The van der Waals surface area contributed by atoms with E-state index in [1.165, 1.54) is 0 Å². The zero-order valence-electron chi connectivity index (χ0n) is 12.3. The highest BCUT2D eigenvalue weighted by atomic mass is 32.2. The minimum Gasteiger partial charge on any atom is -0.478 e. The molecule has 6 nitrogen and oxygen atoms in total. The Morgan fingerprint density at radius 1 is 1.05 bits per heavy atom. The normalized spacial score (nSPS) is 11.3. The third-order valence-electron chi connectivity index (χ3n) is 2.89. The molecule has 1 aromatic carbocycles. The van der Waals surface area contributed by atoms with Crippen molar-refractivity contribution in [3.8, 4) is 5.88 Å². The summed E-state index contributed by atoms with van der Waals surface area (Å²) >= 11 is 0. The zero-order valence-corrected chi connectivity index (χ0v) is 13.1. The Hall–Kier alpha value is -1.96. The molecular formula is C15H19N3O3S. The largest absolute Gasteiger partial charge is 0.478 e. The third-order valence-corrected chi connectivity index (χ3v) is 3.94. The molecule has 2 rings (SSSR count). The minimum atomic E-state index is -3.59. The molecule has 2 N–H and O–H groups in total. The zero-order chi connectivity index (χ0) is 15.8. The van der Waals surface area contributed by atoms with Gasteiger partial charge in [-0.15, -0.1) is 0 Å². The predicted molar refractivity (Wildman–Crippen MR) is 84.4 cm³/mol. The second-order valence-electron chi connectivity index (χ2n) is 4.53. The van der Waals surface area contributed by atoms with Crippen molar-refractivity contribution in [3.05, 3.63) is 59.8 Å². The molecule has 0 aliphatic rings. The van der Waals surface area contributed by atoms with Gasteiger partial charge in [0.05, 0.1) is 6.61 Å². The van der Waals surface area contributed by atoms with Crippen LogP contribution in [0.1, 0.15) is 18.1 Å². The first-order valence-electron chi connectivity index (χ1n) is 6.95. The first kappa shape index (κ1) is 16.4. The van der Waals surface area contributed by atoms with Crippen molar-refractivity contribution in [2.24, 2.45) is 0 Å².